The van der Waals surface area contributed by atoms with Crippen molar-refractivity contribution in [2.24, 2.45) is 5.41 Å². The van der Waals surface area contributed by atoms with Crippen molar-refractivity contribution in [2.75, 3.05) is 5.32 Å². The molecule has 0 aliphatic heterocycles. The summed E-state index contributed by atoms with van der Waals surface area (Å²) in [6.45, 7) is 7.73. The van der Waals surface area contributed by atoms with Crippen LogP contribution in [0.3, 0.4) is 0 Å². The van der Waals surface area contributed by atoms with Gasteiger partial charge in [-0.1, -0.05) is 44.5 Å². The Balaban J connectivity index is 2.80. The summed E-state index contributed by atoms with van der Waals surface area (Å²) in [5.74, 6) is -2.40. The van der Waals surface area contributed by atoms with Gasteiger partial charge in [0.15, 0.2) is 0 Å². The van der Waals surface area contributed by atoms with Crippen molar-refractivity contribution in [3.63, 3.8) is 0 Å². The van der Waals surface area contributed by atoms with Crippen LogP contribution < -0.4 is 10.6 Å². The second-order valence-corrected chi connectivity index (χ2v) is 6.40. The number of anilines is 1. The van der Waals surface area contributed by atoms with E-state index in [9.17, 15) is 22.8 Å². The fraction of sp³-hybridized carbons (Fsp3) is 0.412. The number of alkyl halides is 3. The second kappa shape index (κ2) is 7.51. The van der Waals surface area contributed by atoms with E-state index in [0.29, 0.717) is 5.56 Å². The fourth-order valence-corrected chi connectivity index (χ4v) is 1.64. The maximum absolute atomic E-state index is 12.3. The highest BCUT2D eigenvalue weighted by molar-refractivity contribution is 5.95. The summed E-state index contributed by atoms with van der Waals surface area (Å²) in [5, 5.41) is 4.42. The van der Waals surface area contributed by atoms with Gasteiger partial charge >= 0.3 is 12.1 Å². The molecule has 0 bridgehead atoms. The standard InChI is InChI=1S/C17H21F3N2O2/c1-11(16(2,3)4)9-14(23)21-10-12-7-5-6-8-13(12)22-15(24)17(18,19)20/h5-9H,10H2,1-4H3,(H,21,23)(H,22,24)/b11-9+. The Hall–Kier alpha value is -2.31. The van der Waals surface area contributed by atoms with Crippen LogP contribution in [0.2, 0.25) is 0 Å². The van der Waals surface area contributed by atoms with E-state index >= 15 is 0 Å². The number of amides is 2. The molecule has 0 heterocycles. The lowest BCUT2D eigenvalue weighted by Gasteiger charge is -2.19. The minimum Gasteiger partial charge on any atom is -0.348 e. The van der Waals surface area contributed by atoms with E-state index < -0.39 is 12.1 Å². The molecule has 1 aromatic rings. The Labute approximate surface area is 139 Å². The highest BCUT2D eigenvalue weighted by atomic mass is 19.4. The third-order valence-electron chi connectivity index (χ3n) is 3.51. The summed E-state index contributed by atoms with van der Waals surface area (Å²) in [6, 6.07) is 6.00. The molecule has 24 heavy (non-hydrogen) atoms. The summed E-state index contributed by atoms with van der Waals surface area (Å²) >= 11 is 0. The van der Waals surface area contributed by atoms with Gasteiger partial charge in [0.1, 0.15) is 0 Å². The van der Waals surface area contributed by atoms with Gasteiger partial charge in [0, 0.05) is 18.3 Å². The number of halogens is 3. The molecule has 0 aliphatic rings. The summed E-state index contributed by atoms with van der Waals surface area (Å²) in [7, 11) is 0. The molecule has 0 atom stereocenters. The largest absolute Gasteiger partial charge is 0.471 e. The Kier molecular flexibility index (Phi) is 6.17. The molecule has 0 spiro atoms. The zero-order chi connectivity index (χ0) is 18.5. The number of para-hydroxylation sites is 1. The Morgan fingerprint density at radius 3 is 2.25 bits per heavy atom. The van der Waals surface area contributed by atoms with Crippen molar-refractivity contribution in [3.05, 3.63) is 41.5 Å². The minimum absolute atomic E-state index is 0.00106. The number of carbonyl (C=O) groups is 2. The number of benzene rings is 1. The summed E-state index contributed by atoms with van der Waals surface area (Å²) in [5.41, 5.74) is 1.11. The van der Waals surface area contributed by atoms with Crippen LogP contribution in [0.5, 0.6) is 0 Å². The molecule has 0 aromatic heterocycles. The van der Waals surface area contributed by atoms with E-state index in [1.165, 1.54) is 24.3 Å². The average molecular weight is 342 g/mol. The number of hydrogen-bond donors (Lipinski definition) is 2. The van der Waals surface area contributed by atoms with Gasteiger partial charge in [0.05, 0.1) is 0 Å². The first-order valence-electron chi connectivity index (χ1n) is 7.34. The van der Waals surface area contributed by atoms with Gasteiger partial charge in [0.2, 0.25) is 5.91 Å². The third kappa shape index (κ3) is 6.06. The van der Waals surface area contributed by atoms with Crippen molar-refractivity contribution in [2.45, 2.75) is 40.4 Å². The zero-order valence-electron chi connectivity index (χ0n) is 14.0. The van der Waals surface area contributed by atoms with E-state index in [0.717, 1.165) is 5.57 Å². The average Bonchev–Trinajstić information content (AvgIpc) is 2.44. The van der Waals surface area contributed by atoms with Crippen LogP contribution in [0.15, 0.2) is 35.9 Å². The van der Waals surface area contributed by atoms with Crippen molar-refractivity contribution in [1.29, 1.82) is 0 Å². The van der Waals surface area contributed by atoms with E-state index in [-0.39, 0.29) is 23.6 Å². The van der Waals surface area contributed by atoms with Crippen LogP contribution in [0.4, 0.5) is 18.9 Å². The molecule has 132 valence electrons. The lowest BCUT2D eigenvalue weighted by Crippen LogP contribution is -2.31. The Morgan fingerprint density at radius 2 is 1.71 bits per heavy atom. The van der Waals surface area contributed by atoms with Gasteiger partial charge in [-0.3, -0.25) is 9.59 Å². The fourth-order valence-electron chi connectivity index (χ4n) is 1.64. The predicted molar refractivity (Wildman–Crippen MR) is 86.2 cm³/mol. The summed E-state index contributed by atoms with van der Waals surface area (Å²) in [6.07, 6.45) is -3.51. The molecule has 7 heteroatoms. The second-order valence-electron chi connectivity index (χ2n) is 6.40. The summed E-state index contributed by atoms with van der Waals surface area (Å²) in [4.78, 5) is 23.0. The smallest absolute Gasteiger partial charge is 0.348 e. The van der Waals surface area contributed by atoms with E-state index in [2.05, 4.69) is 5.32 Å². The first-order valence-corrected chi connectivity index (χ1v) is 7.34. The first-order chi connectivity index (χ1) is 10.9. The minimum atomic E-state index is -4.97. The van der Waals surface area contributed by atoms with Crippen LogP contribution in [-0.4, -0.2) is 18.0 Å². The molecule has 4 nitrogen and oxygen atoms in total. The van der Waals surface area contributed by atoms with Gasteiger partial charge < -0.3 is 10.6 Å². The number of rotatable bonds is 4. The molecule has 0 aliphatic carbocycles. The number of nitrogens with one attached hydrogen (secondary N) is 2. The van der Waals surface area contributed by atoms with Gasteiger partial charge in [0.25, 0.3) is 0 Å². The van der Waals surface area contributed by atoms with Crippen LogP contribution in [-0.2, 0) is 16.1 Å². The van der Waals surface area contributed by atoms with Gasteiger partial charge in [-0.05, 0) is 24.0 Å². The van der Waals surface area contributed by atoms with Crippen LogP contribution in [0, 0.1) is 5.41 Å². The third-order valence-corrected chi connectivity index (χ3v) is 3.51. The Morgan fingerprint density at radius 1 is 1.12 bits per heavy atom. The molecular formula is C17H21F3N2O2. The number of allylic oxidation sites excluding steroid dienone is 1. The van der Waals surface area contributed by atoms with Crippen LogP contribution in [0.1, 0.15) is 33.3 Å². The molecule has 0 saturated carbocycles. The van der Waals surface area contributed by atoms with Gasteiger partial charge in [-0.2, -0.15) is 13.2 Å². The van der Waals surface area contributed by atoms with Crippen LogP contribution >= 0.6 is 0 Å². The molecule has 0 unspecified atom stereocenters. The molecule has 2 amide bonds. The molecule has 0 radical (unpaired) electrons. The molecule has 1 rings (SSSR count). The van der Waals surface area contributed by atoms with Crippen LogP contribution in [0.25, 0.3) is 0 Å². The van der Waals surface area contributed by atoms with Gasteiger partial charge in [-0.15, -0.1) is 0 Å². The molecule has 1 aromatic carbocycles. The van der Waals surface area contributed by atoms with E-state index in [1.54, 1.807) is 6.07 Å². The van der Waals surface area contributed by atoms with E-state index in [4.69, 9.17) is 0 Å². The SMILES string of the molecule is C/C(=C\C(=O)NCc1ccccc1NC(=O)C(F)(F)F)C(C)(C)C. The highest BCUT2D eigenvalue weighted by Crippen LogP contribution is 2.24. The van der Waals surface area contributed by atoms with Crippen molar-refractivity contribution in [1.82, 2.24) is 5.32 Å². The number of carbonyl (C=O) groups excluding carboxylic acids is 2. The first kappa shape index (κ1) is 19.7. The Bertz CT molecular complexity index is 644. The maximum Gasteiger partial charge on any atom is 0.471 e. The monoisotopic (exact) mass is 342 g/mol. The van der Waals surface area contributed by atoms with E-state index in [1.807, 2.05) is 33.0 Å². The van der Waals surface area contributed by atoms with Crippen molar-refractivity contribution in [3.8, 4) is 0 Å². The van der Waals surface area contributed by atoms with Crippen molar-refractivity contribution < 1.29 is 22.8 Å². The lowest BCUT2D eigenvalue weighted by atomic mass is 9.87. The quantitative estimate of drug-likeness (QED) is 0.818. The molecule has 0 fully saturated rings. The maximum atomic E-state index is 12.3. The summed E-state index contributed by atoms with van der Waals surface area (Å²) < 4.78 is 37.0. The zero-order valence-corrected chi connectivity index (χ0v) is 14.0. The molecule has 2 N–H and O–H groups in total. The topological polar surface area (TPSA) is 58.2 Å². The number of hydrogen-bond acceptors (Lipinski definition) is 2. The highest BCUT2D eigenvalue weighted by Gasteiger charge is 2.38. The predicted octanol–water partition coefficient (Wildman–Crippen LogP) is 3.80. The molecular weight excluding hydrogens is 321 g/mol. The lowest BCUT2D eigenvalue weighted by molar-refractivity contribution is -0.167. The van der Waals surface area contributed by atoms with Gasteiger partial charge in [-0.25, -0.2) is 0 Å². The van der Waals surface area contributed by atoms with Crippen molar-refractivity contribution >= 4 is 17.5 Å². The normalized spacial score (nSPS) is 12.7. The molecule has 0 saturated heterocycles.